The molecule has 9 rings (SSSR count). The average molecular weight is 1150 g/mol. The largest absolute Gasteiger partial charge is 0.449 e. The Hall–Kier alpha value is -6.94. The zero-order valence-corrected chi connectivity index (χ0v) is 45.1. The van der Waals surface area contributed by atoms with Gasteiger partial charge in [-0.05, 0) is 135 Å². The molecule has 78 heavy (non-hydrogen) atoms. The first-order valence-electron chi connectivity index (χ1n) is 25.2. The summed E-state index contributed by atoms with van der Waals surface area (Å²) in [6.07, 6.45) is 9.13. The third kappa shape index (κ3) is 15.4. The second kappa shape index (κ2) is 28.1. The summed E-state index contributed by atoms with van der Waals surface area (Å²) >= 11 is 11.5. The highest BCUT2D eigenvalue weighted by molar-refractivity contribution is 6.31. The number of anilines is 2. The van der Waals surface area contributed by atoms with Gasteiger partial charge in [-0.1, -0.05) is 30.1 Å². The highest BCUT2D eigenvalue weighted by Crippen LogP contribution is 2.37. The number of aromatic nitrogens is 2. The Balaban J connectivity index is 0.000000201. The van der Waals surface area contributed by atoms with E-state index in [1.54, 1.807) is 18.1 Å². The molecule has 2 aliphatic carbocycles. The molecular weight excluding hydrogens is 1080 g/mol. The zero-order chi connectivity index (χ0) is 55.3. The van der Waals surface area contributed by atoms with Crippen molar-refractivity contribution < 1.29 is 55.8 Å². The standard InChI is InChI=1S/C26H28ClF2N3O4.C16H13ClF2N2O.C12H18N4O3.ClH/c1-2-23(33)32-11-9-15(10-12-32)14-36-26(35)31-22-8-5-17-18(4-7-21(29)24(17)22)25(34)30-16-3-6-20(28)19(27)13-16;17-11-7-8(1-4-12(11)18)21-16(22)10-2-5-13(19)15-9(10)3-6-14(15)20;1-13-11(17)15-5-2-10(3-6-15)8-19-12(18)16-7-4-14-9-16;/h3-4,6-7,13,15,22H,2,5,8-12,14H2,1H3,(H,30,34)(H,31,35);1-2,4-5,7,14H,3,6,20H2,(H,21,22);4,7,9-10H,2-3,5-6,8H2,1H3,(H,13,17);1H/t22-;14-;;/m00../s1. The molecule has 0 saturated carbocycles. The molecule has 4 aromatic carbocycles. The highest BCUT2D eigenvalue weighted by atomic mass is 35.5. The molecule has 1 aromatic heterocycles. The maximum Gasteiger partial charge on any atom is 0.419 e. The fourth-order valence-electron chi connectivity index (χ4n) is 9.62. The van der Waals surface area contributed by atoms with Gasteiger partial charge in [-0.25, -0.2) is 41.5 Å². The van der Waals surface area contributed by atoms with Crippen LogP contribution in [0.1, 0.15) is 107 Å². The van der Waals surface area contributed by atoms with Crippen LogP contribution >= 0.6 is 35.6 Å². The molecule has 0 radical (unpaired) electrons. The summed E-state index contributed by atoms with van der Waals surface area (Å²) in [5.41, 5.74) is 9.04. The van der Waals surface area contributed by atoms with E-state index in [9.17, 15) is 46.3 Å². The molecule has 17 nitrogen and oxygen atoms in total. The van der Waals surface area contributed by atoms with Crippen LogP contribution in [-0.4, -0.2) is 102 Å². The number of imidazole rings is 1. The van der Waals surface area contributed by atoms with Crippen LogP contribution in [-0.2, 0) is 27.1 Å². The van der Waals surface area contributed by atoms with Crippen molar-refractivity contribution >= 4 is 82.9 Å². The van der Waals surface area contributed by atoms with Crippen molar-refractivity contribution in [2.24, 2.45) is 17.6 Å². The fraction of sp³-hybridized carbons (Fsp3) is 0.389. The predicted octanol–water partition coefficient (Wildman–Crippen LogP) is 10.4. The predicted molar refractivity (Wildman–Crippen MR) is 287 cm³/mol. The average Bonchev–Trinajstić information content (AvgIpc) is 4.35. The lowest BCUT2D eigenvalue weighted by Crippen LogP contribution is -2.43. The number of rotatable bonds is 10. The number of fused-ring (bicyclic) bond motifs is 2. The van der Waals surface area contributed by atoms with Crippen LogP contribution < -0.4 is 27.0 Å². The molecule has 0 spiro atoms. The van der Waals surface area contributed by atoms with E-state index in [1.807, 2.05) is 11.8 Å². The first-order chi connectivity index (χ1) is 36.9. The van der Waals surface area contributed by atoms with Gasteiger partial charge in [0, 0.05) is 91.7 Å². The number of likely N-dealkylation sites (tertiary alicyclic amines) is 2. The van der Waals surface area contributed by atoms with Gasteiger partial charge in [0.1, 0.15) is 29.6 Å². The van der Waals surface area contributed by atoms with Gasteiger partial charge in [0.2, 0.25) is 5.91 Å². The van der Waals surface area contributed by atoms with Crippen LogP contribution in [0.5, 0.6) is 0 Å². The Morgan fingerprint density at radius 2 is 1.18 bits per heavy atom. The van der Waals surface area contributed by atoms with Crippen molar-refractivity contribution in [2.75, 3.05) is 57.1 Å². The van der Waals surface area contributed by atoms with Crippen LogP contribution in [0.2, 0.25) is 10.0 Å². The van der Waals surface area contributed by atoms with Crippen molar-refractivity contribution in [1.82, 2.24) is 30.0 Å². The van der Waals surface area contributed by atoms with Gasteiger partial charge in [0.05, 0.1) is 29.3 Å². The van der Waals surface area contributed by atoms with E-state index < -0.39 is 47.5 Å². The van der Waals surface area contributed by atoms with Gasteiger partial charge in [-0.2, -0.15) is 0 Å². The number of piperidine rings is 2. The number of halogens is 7. The zero-order valence-electron chi connectivity index (χ0n) is 42.7. The number of nitrogens with zero attached hydrogens (tertiary/aromatic N) is 4. The van der Waals surface area contributed by atoms with E-state index in [2.05, 4.69) is 26.3 Å². The minimum atomic E-state index is -0.643. The quantitative estimate of drug-likeness (QED) is 0.0833. The lowest BCUT2D eigenvalue weighted by molar-refractivity contribution is -0.132. The summed E-state index contributed by atoms with van der Waals surface area (Å²) in [5.74, 6) is -2.33. The van der Waals surface area contributed by atoms with Gasteiger partial charge in [0.15, 0.2) is 0 Å². The summed E-state index contributed by atoms with van der Waals surface area (Å²) in [7, 11) is 1.63. The molecule has 2 saturated heterocycles. The van der Waals surface area contributed by atoms with Gasteiger partial charge in [-0.3, -0.25) is 14.4 Å². The molecule has 5 aromatic rings. The number of amides is 6. The number of nitrogens with two attached hydrogens (primary N) is 1. The molecule has 418 valence electrons. The van der Waals surface area contributed by atoms with Gasteiger partial charge >= 0.3 is 18.2 Å². The van der Waals surface area contributed by atoms with Gasteiger partial charge in [0.25, 0.3) is 11.8 Å². The summed E-state index contributed by atoms with van der Waals surface area (Å²) in [4.78, 5) is 79.9. The minimum Gasteiger partial charge on any atom is -0.449 e. The van der Waals surface area contributed by atoms with Crippen LogP contribution in [0.15, 0.2) is 79.4 Å². The van der Waals surface area contributed by atoms with E-state index in [1.165, 1.54) is 71.7 Å². The van der Waals surface area contributed by atoms with Crippen LogP contribution in [0.3, 0.4) is 0 Å². The molecular formula is C54H60Cl3F4N9O8. The van der Waals surface area contributed by atoms with Gasteiger partial charge < -0.3 is 46.3 Å². The van der Waals surface area contributed by atoms with E-state index in [-0.39, 0.29) is 69.9 Å². The molecule has 2 fully saturated rings. The van der Waals surface area contributed by atoms with Crippen molar-refractivity contribution in [2.45, 2.75) is 76.8 Å². The Morgan fingerprint density at radius 3 is 1.69 bits per heavy atom. The number of hydrogen-bond acceptors (Lipinski definition) is 10. The second-order valence-corrected chi connectivity index (χ2v) is 19.6. The van der Waals surface area contributed by atoms with Crippen molar-refractivity contribution in [1.29, 1.82) is 0 Å². The fourth-order valence-corrected chi connectivity index (χ4v) is 9.98. The van der Waals surface area contributed by atoms with Crippen LogP contribution in [0, 0.1) is 35.1 Å². The number of urea groups is 1. The number of alkyl carbamates (subject to hydrolysis) is 1. The maximum atomic E-state index is 14.8. The maximum absolute atomic E-state index is 14.8. The number of nitrogens with one attached hydrogen (secondary N) is 4. The Bertz CT molecular complexity index is 2960. The smallest absolute Gasteiger partial charge is 0.419 e. The Labute approximate surface area is 464 Å². The van der Waals surface area contributed by atoms with E-state index in [0.717, 1.165) is 31.7 Å². The van der Waals surface area contributed by atoms with Crippen molar-refractivity contribution in [3.8, 4) is 0 Å². The molecule has 0 bridgehead atoms. The van der Waals surface area contributed by atoms with Gasteiger partial charge in [-0.15, -0.1) is 12.4 Å². The topological polar surface area (TPSA) is 219 Å². The summed E-state index contributed by atoms with van der Waals surface area (Å²) in [5, 5.41) is 10.4. The summed E-state index contributed by atoms with van der Waals surface area (Å²) < 4.78 is 67.0. The number of carbonyl (C=O) groups excluding carboxylic acids is 6. The van der Waals surface area contributed by atoms with E-state index in [4.69, 9.17) is 38.4 Å². The minimum absolute atomic E-state index is 0. The highest BCUT2D eigenvalue weighted by Gasteiger charge is 2.33. The van der Waals surface area contributed by atoms with E-state index in [0.29, 0.717) is 104 Å². The molecule has 2 aliphatic heterocycles. The van der Waals surface area contributed by atoms with E-state index >= 15 is 0 Å². The van der Waals surface area contributed by atoms with Crippen molar-refractivity contribution in [3.05, 3.63) is 146 Å². The lowest BCUT2D eigenvalue weighted by atomic mass is 9.97. The summed E-state index contributed by atoms with van der Waals surface area (Å²) in [6, 6.07) is 11.9. The number of hydrogen-bond donors (Lipinski definition) is 5. The number of carbonyl (C=O) groups is 6. The van der Waals surface area contributed by atoms with Crippen LogP contribution in [0.4, 0.5) is 43.3 Å². The second-order valence-electron chi connectivity index (χ2n) is 18.8. The lowest BCUT2D eigenvalue weighted by Gasteiger charge is -2.31. The third-order valence-corrected chi connectivity index (χ3v) is 14.4. The first kappa shape index (κ1) is 60.3. The Morgan fingerprint density at radius 1 is 0.679 bits per heavy atom. The molecule has 4 aliphatic rings. The number of ether oxygens (including phenoxy) is 2. The molecule has 3 heterocycles. The van der Waals surface area contributed by atoms with Crippen LogP contribution in [0.25, 0.3) is 0 Å². The molecule has 6 N–H and O–H groups in total. The third-order valence-electron chi connectivity index (χ3n) is 13.8. The molecule has 0 unspecified atom stereocenters. The SMILES string of the molecule is CCC(=O)N1CCC(COC(=O)N[C@H]2CCc3c(C(=O)Nc4ccc(F)c(Cl)c4)ccc(F)c32)CC1.CNC(=O)N1CCC(COC(=O)n2ccnc2)CC1.Cl.N[C@H]1CCc2c(C(=O)Nc3ccc(F)c(Cl)c3)ccc(F)c21. The summed E-state index contributed by atoms with van der Waals surface area (Å²) in [6.45, 7) is 5.16. The molecule has 2 atom stereocenters. The number of benzene rings is 4. The van der Waals surface area contributed by atoms with Crippen molar-refractivity contribution in [3.63, 3.8) is 0 Å². The molecule has 24 heteroatoms. The first-order valence-corrected chi connectivity index (χ1v) is 25.9. The Kier molecular flexibility index (Phi) is 21.7. The monoisotopic (exact) mass is 1140 g/mol. The molecule has 6 amide bonds. The normalized spacial score (nSPS) is 16.6.